The molecule has 30 heavy (non-hydrogen) atoms. The number of sulfonamides is 1. The number of nitrogens with one attached hydrogen (secondary N) is 1. The minimum atomic E-state index is -3.53. The largest absolute Gasteiger partial charge is 0.472 e. The van der Waals surface area contributed by atoms with Gasteiger partial charge in [0.05, 0.1) is 4.90 Å². The van der Waals surface area contributed by atoms with Gasteiger partial charge in [-0.05, 0) is 49.9 Å². The van der Waals surface area contributed by atoms with Crippen molar-refractivity contribution in [1.29, 1.82) is 5.26 Å². The molecule has 1 saturated carbocycles. The number of carbonyl (C=O) groups excluding carboxylic acids is 1. The Morgan fingerprint density at radius 2 is 1.77 bits per heavy atom. The fourth-order valence-corrected chi connectivity index (χ4v) is 4.13. The van der Waals surface area contributed by atoms with Gasteiger partial charge in [0.1, 0.15) is 12.2 Å². The molecule has 9 nitrogen and oxygen atoms in total. The van der Waals surface area contributed by atoms with Crippen LogP contribution in [-0.2, 0) is 10.0 Å². The molecule has 0 unspecified atom stereocenters. The second kappa shape index (κ2) is 9.19. The molecule has 1 heterocycles. The topological polar surface area (TPSA) is 125 Å². The molecular weight excluding hydrogens is 406 g/mol. The molecule has 3 rings (SSSR count). The average Bonchev–Trinajstić information content (AvgIpc) is 2.75. The van der Waals surface area contributed by atoms with Gasteiger partial charge >= 0.3 is 0 Å². The van der Waals surface area contributed by atoms with Crippen LogP contribution >= 0.6 is 0 Å². The van der Waals surface area contributed by atoms with E-state index in [0.717, 1.165) is 17.1 Å². The number of rotatable bonds is 6. The maximum Gasteiger partial charge on any atom is 0.251 e. The Balaban J connectivity index is 1.54. The van der Waals surface area contributed by atoms with Crippen molar-refractivity contribution in [3.8, 4) is 11.9 Å². The molecule has 2 aromatic rings. The number of carbonyl (C=O) groups is 1. The van der Waals surface area contributed by atoms with Crippen LogP contribution in [0.4, 0.5) is 0 Å². The van der Waals surface area contributed by atoms with E-state index in [4.69, 9.17) is 10.00 Å². The van der Waals surface area contributed by atoms with Crippen molar-refractivity contribution < 1.29 is 17.9 Å². The summed E-state index contributed by atoms with van der Waals surface area (Å²) in [6.45, 7) is 0. The molecule has 10 heteroatoms. The molecule has 1 N–H and O–H groups in total. The molecule has 1 aromatic carbocycles. The zero-order valence-corrected chi connectivity index (χ0v) is 17.6. The first-order valence-electron chi connectivity index (χ1n) is 9.52. The van der Waals surface area contributed by atoms with Crippen LogP contribution in [0, 0.1) is 11.3 Å². The summed E-state index contributed by atoms with van der Waals surface area (Å²) in [6.07, 6.45) is 5.73. The molecule has 1 aliphatic carbocycles. The van der Waals surface area contributed by atoms with Gasteiger partial charge in [0, 0.05) is 38.1 Å². The summed E-state index contributed by atoms with van der Waals surface area (Å²) in [5.74, 6) is -0.00545. The highest BCUT2D eigenvalue weighted by atomic mass is 32.2. The fourth-order valence-electron chi connectivity index (χ4n) is 3.23. The Bertz CT molecular complexity index is 1040. The second-order valence-corrected chi connectivity index (χ2v) is 9.35. The Labute approximate surface area is 175 Å². The predicted molar refractivity (Wildman–Crippen MR) is 108 cm³/mol. The van der Waals surface area contributed by atoms with E-state index < -0.39 is 10.0 Å². The van der Waals surface area contributed by atoms with Crippen LogP contribution in [0.25, 0.3) is 0 Å². The molecule has 0 atom stereocenters. The van der Waals surface area contributed by atoms with E-state index in [1.54, 1.807) is 0 Å². The van der Waals surface area contributed by atoms with Gasteiger partial charge in [-0.15, -0.1) is 0 Å². The van der Waals surface area contributed by atoms with E-state index in [2.05, 4.69) is 15.3 Å². The number of hydrogen-bond donors (Lipinski definition) is 1. The van der Waals surface area contributed by atoms with Gasteiger partial charge in [0.2, 0.25) is 15.7 Å². The first kappa shape index (κ1) is 21.7. The SMILES string of the molecule is CN(C)S(=O)(=O)c1ccc(C(=O)NC2CCC(Oc3nccnc3C#N)CC2)cc1. The van der Waals surface area contributed by atoms with Gasteiger partial charge in [0.15, 0.2) is 0 Å². The highest BCUT2D eigenvalue weighted by Crippen LogP contribution is 2.24. The normalized spacial score (nSPS) is 19.1. The third kappa shape index (κ3) is 4.93. The Morgan fingerprint density at radius 3 is 2.37 bits per heavy atom. The van der Waals surface area contributed by atoms with Crippen molar-refractivity contribution in [1.82, 2.24) is 19.6 Å². The summed E-state index contributed by atoms with van der Waals surface area (Å²) in [4.78, 5) is 20.6. The Morgan fingerprint density at radius 1 is 1.13 bits per heavy atom. The van der Waals surface area contributed by atoms with Crippen molar-refractivity contribution in [2.75, 3.05) is 14.1 Å². The summed E-state index contributed by atoms with van der Waals surface area (Å²) >= 11 is 0. The number of aromatic nitrogens is 2. The number of nitriles is 1. The number of amides is 1. The molecule has 158 valence electrons. The van der Waals surface area contributed by atoms with Crippen LogP contribution in [0.3, 0.4) is 0 Å². The zero-order chi connectivity index (χ0) is 21.7. The summed E-state index contributed by atoms with van der Waals surface area (Å²) < 4.78 is 31.2. The van der Waals surface area contributed by atoms with E-state index >= 15 is 0 Å². The van der Waals surface area contributed by atoms with Crippen LogP contribution in [0.15, 0.2) is 41.6 Å². The van der Waals surface area contributed by atoms with Crippen molar-refractivity contribution in [2.45, 2.75) is 42.7 Å². The monoisotopic (exact) mass is 429 g/mol. The molecule has 0 saturated heterocycles. The van der Waals surface area contributed by atoms with Crippen LogP contribution in [0.2, 0.25) is 0 Å². The minimum absolute atomic E-state index is 0.000158. The summed E-state index contributed by atoms with van der Waals surface area (Å²) in [7, 11) is -0.606. The van der Waals surface area contributed by atoms with Crippen LogP contribution in [0.5, 0.6) is 5.88 Å². The molecule has 0 bridgehead atoms. The first-order valence-corrected chi connectivity index (χ1v) is 11.0. The van der Waals surface area contributed by atoms with Crippen LogP contribution in [-0.4, -0.2) is 54.8 Å². The van der Waals surface area contributed by atoms with Gasteiger partial charge in [-0.3, -0.25) is 4.79 Å². The standard InChI is InChI=1S/C20H23N5O4S/c1-25(2)30(27,28)17-9-3-14(4-10-17)19(26)24-15-5-7-16(8-6-15)29-20-18(13-21)22-11-12-23-20/h3-4,9-12,15-16H,5-8H2,1-2H3,(H,24,26). The van der Waals surface area contributed by atoms with E-state index in [9.17, 15) is 13.2 Å². The number of ether oxygens (including phenoxy) is 1. The smallest absolute Gasteiger partial charge is 0.251 e. The van der Waals surface area contributed by atoms with Crippen molar-refractivity contribution >= 4 is 15.9 Å². The van der Waals surface area contributed by atoms with Gasteiger partial charge in [-0.1, -0.05) is 0 Å². The number of nitrogens with zero attached hydrogens (tertiary/aromatic N) is 4. The van der Waals surface area contributed by atoms with Gasteiger partial charge in [-0.2, -0.15) is 5.26 Å². The molecular formula is C20H23N5O4S. The van der Waals surface area contributed by atoms with Crippen molar-refractivity contribution in [2.24, 2.45) is 0 Å². The summed E-state index contributed by atoms with van der Waals surface area (Å²) in [6, 6.07) is 7.85. The predicted octanol–water partition coefficient (Wildman–Crippen LogP) is 1.72. The Kier molecular flexibility index (Phi) is 6.64. The van der Waals surface area contributed by atoms with Crippen molar-refractivity contribution in [3.63, 3.8) is 0 Å². The van der Waals surface area contributed by atoms with E-state index in [0.29, 0.717) is 18.4 Å². The molecule has 1 amide bonds. The third-order valence-corrected chi connectivity index (χ3v) is 6.78. The van der Waals surface area contributed by atoms with Gasteiger partial charge < -0.3 is 10.1 Å². The Hall–Kier alpha value is -3.03. The molecule has 1 aliphatic rings. The average molecular weight is 430 g/mol. The molecule has 0 spiro atoms. The highest BCUT2D eigenvalue weighted by Gasteiger charge is 2.25. The van der Waals surface area contributed by atoms with E-state index in [1.165, 1.54) is 50.8 Å². The third-order valence-electron chi connectivity index (χ3n) is 4.95. The van der Waals surface area contributed by atoms with Crippen LogP contribution < -0.4 is 10.1 Å². The second-order valence-electron chi connectivity index (χ2n) is 7.20. The summed E-state index contributed by atoms with van der Waals surface area (Å²) in [5, 5.41) is 12.1. The lowest BCUT2D eigenvalue weighted by Gasteiger charge is -2.29. The van der Waals surface area contributed by atoms with Crippen LogP contribution in [0.1, 0.15) is 41.7 Å². The molecule has 0 aliphatic heterocycles. The highest BCUT2D eigenvalue weighted by molar-refractivity contribution is 7.89. The molecule has 1 aromatic heterocycles. The van der Waals surface area contributed by atoms with E-state index in [1.807, 2.05) is 6.07 Å². The lowest BCUT2D eigenvalue weighted by atomic mass is 9.92. The maximum absolute atomic E-state index is 12.5. The van der Waals surface area contributed by atoms with Crippen molar-refractivity contribution in [3.05, 3.63) is 47.9 Å². The maximum atomic E-state index is 12.5. The number of benzene rings is 1. The fraction of sp³-hybridized carbons (Fsp3) is 0.400. The summed E-state index contributed by atoms with van der Waals surface area (Å²) in [5.41, 5.74) is 0.567. The lowest BCUT2D eigenvalue weighted by Crippen LogP contribution is -2.39. The minimum Gasteiger partial charge on any atom is -0.472 e. The van der Waals surface area contributed by atoms with Gasteiger partial charge in [0.25, 0.3) is 11.8 Å². The lowest BCUT2D eigenvalue weighted by molar-refractivity contribution is 0.0889. The van der Waals surface area contributed by atoms with E-state index in [-0.39, 0.29) is 34.5 Å². The first-order chi connectivity index (χ1) is 14.3. The van der Waals surface area contributed by atoms with Gasteiger partial charge in [-0.25, -0.2) is 22.7 Å². The zero-order valence-electron chi connectivity index (χ0n) is 16.8. The number of hydrogen-bond acceptors (Lipinski definition) is 7. The molecule has 1 fully saturated rings. The molecule has 0 radical (unpaired) electrons. The quantitative estimate of drug-likeness (QED) is 0.741.